The fraction of sp³-hybridized carbons (Fsp3) is 0.633. The minimum Gasteiger partial charge on any atom is -0.507 e. The maximum absolute atomic E-state index is 14.3. The first-order valence-electron chi connectivity index (χ1n) is 13.9. The molecule has 10 heteroatoms. The van der Waals surface area contributed by atoms with Crippen LogP contribution in [0.1, 0.15) is 68.1 Å². The third-order valence-electron chi connectivity index (χ3n) is 9.41. The summed E-state index contributed by atoms with van der Waals surface area (Å²) >= 11 is 0. The van der Waals surface area contributed by atoms with Crippen molar-refractivity contribution >= 4 is 29.0 Å². The van der Waals surface area contributed by atoms with Crippen molar-refractivity contribution in [3.05, 3.63) is 28.3 Å². The zero-order valence-corrected chi connectivity index (χ0v) is 24.4. The Morgan fingerprint density at radius 3 is 2.30 bits per heavy atom. The summed E-state index contributed by atoms with van der Waals surface area (Å²) in [5, 5.41) is 26.6. The lowest BCUT2D eigenvalue weighted by atomic mass is 9.42. The van der Waals surface area contributed by atoms with Gasteiger partial charge in [0.2, 0.25) is 5.91 Å². The van der Waals surface area contributed by atoms with Crippen LogP contribution in [-0.2, 0) is 38.6 Å². The number of nitrogens with one attached hydrogen (secondary N) is 1. The first-order valence-corrected chi connectivity index (χ1v) is 13.9. The molecule has 1 aromatic rings. The molecule has 218 valence electrons. The molecule has 1 aromatic carbocycles. The Balaban J connectivity index is 1.91. The number of primary amides is 1. The molecule has 0 bridgehead atoms. The van der Waals surface area contributed by atoms with Crippen molar-refractivity contribution in [2.75, 3.05) is 20.6 Å². The van der Waals surface area contributed by atoms with Gasteiger partial charge < -0.3 is 21.3 Å². The van der Waals surface area contributed by atoms with E-state index in [-0.39, 0.29) is 24.2 Å². The van der Waals surface area contributed by atoms with Gasteiger partial charge in [-0.2, -0.15) is 0 Å². The van der Waals surface area contributed by atoms with E-state index in [1.165, 1.54) is 11.8 Å². The molecule has 0 spiro atoms. The van der Waals surface area contributed by atoms with Crippen LogP contribution in [0.5, 0.6) is 5.75 Å². The van der Waals surface area contributed by atoms with E-state index in [4.69, 9.17) is 5.73 Å². The van der Waals surface area contributed by atoms with Crippen molar-refractivity contribution in [3.8, 4) is 5.75 Å². The SMILES string of the molecule is CCc1cc(CNCC(C)C)c(O)c2c1C[C@@]1(C)C[C@@]3(C)[C@H](N(C)C)C(=O)C(C(N)=O)C(=O)[C@@]3(O)C(=O)C1C2=O. The number of aryl methyl sites for hydroxylation is 1. The van der Waals surface area contributed by atoms with Crippen molar-refractivity contribution in [1.82, 2.24) is 10.2 Å². The van der Waals surface area contributed by atoms with Gasteiger partial charge in [0.1, 0.15) is 5.75 Å². The summed E-state index contributed by atoms with van der Waals surface area (Å²) in [5.74, 6) is -8.31. The molecule has 0 radical (unpaired) electrons. The maximum atomic E-state index is 14.3. The topological polar surface area (TPSA) is 167 Å². The molecule has 10 nitrogen and oxygen atoms in total. The molecule has 0 aromatic heterocycles. The van der Waals surface area contributed by atoms with Crippen LogP contribution in [0.15, 0.2) is 6.07 Å². The highest BCUT2D eigenvalue weighted by Crippen LogP contribution is 2.62. The molecule has 0 aliphatic heterocycles. The number of phenolic OH excluding ortho intramolecular Hbond substituents is 1. The molecule has 0 heterocycles. The number of aromatic hydroxyl groups is 1. The summed E-state index contributed by atoms with van der Waals surface area (Å²) in [6, 6.07) is 0.703. The van der Waals surface area contributed by atoms with E-state index in [9.17, 15) is 34.2 Å². The number of ketones is 4. The van der Waals surface area contributed by atoms with Crippen LogP contribution in [0.2, 0.25) is 0 Å². The molecule has 6 atom stereocenters. The number of likely N-dealkylation sites (N-methyl/N-ethyl adjacent to an activating group) is 1. The lowest BCUT2D eigenvalue weighted by Gasteiger charge is -2.61. The van der Waals surface area contributed by atoms with Gasteiger partial charge in [0.15, 0.2) is 34.7 Å². The quantitative estimate of drug-likeness (QED) is 0.358. The predicted octanol–water partition coefficient (Wildman–Crippen LogP) is 0.955. The van der Waals surface area contributed by atoms with Crippen LogP contribution < -0.4 is 11.1 Å². The molecule has 5 N–H and O–H groups in total. The van der Waals surface area contributed by atoms with Crippen molar-refractivity contribution in [3.63, 3.8) is 0 Å². The van der Waals surface area contributed by atoms with Gasteiger partial charge in [0.25, 0.3) is 0 Å². The van der Waals surface area contributed by atoms with Gasteiger partial charge in [0, 0.05) is 17.5 Å². The predicted molar refractivity (Wildman–Crippen MR) is 147 cm³/mol. The number of carbonyl (C=O) groups excluding carboxylic acids is 5. The van der Waals surface area contributed by atoms with Crippen molar-refractivity contribution in [1.29, 1.82) is 0 Å². The van der Waals surface area contributed by atoms with E-state index in [0.29, 0.717) is 36.6 Å². The molecular weight excluding hydrogens is 514 g/mol. The number of Topliss-reactive ketones (excluding diaryl/α,β-unsaturated/α-hetero) is 4. The molecule has 4 rings (SSSR count). The molecule has 2 saturated carbocycles. The van der Waals surface area contributed by atoms with Gasteiger partial charge in [-0.3, -0.25) is 28.9 Å². The number of nitrogens with zero attached hydrogens (tertiary/aromatic N) is 1. The third-order valence-corrected chi connectivity index (χ3v) is 9.41. The highest BCUT2D eigenvalue weighted by atomic mass is 16.3. The van der Waals surface area contributed by atoms with Gasteiger partial charge in [-0.05, 0) is 62.4 Å². The monoisotopic (exact) mass is 555 g/mol. The van der Waals surface area contributed by atoms with Crippen LogP contribution in [0.25, 0.3) is 0 Å². The number of hydrogen-bond donors (Lipinski definition) is 4. The van der Waals surface area contributed by atoms with E-state index >= 15 is 0 Å². The second-order valence-electron chi connectivity index (χ2n) is 13.0. The summed E-state index contributed by atoms with van der Waals surface area (Å²) in [5.41, 5.74) is 2.01. The minimum absolute atomic E-state index is 0.0223. The number of nitrogens with two attached hydrogens (primary N) is 1. The van der Waals surface area contributed by atoms with Gasteiger partial charge in [0.05, 0.1) is 17.5 Å². The minimum atomic E-state index is -2.80. The molecule has 2 unspecified atom stereocenters. The lowest BCUT2D eigenvalue weighted by molar-refractivity contribution is -0.203. The fourth-order valence-electron chi connectivity index (χ4n) is 7.87. The number of phenols is 1. The zero-order valence-electron chi connectivity index (χ0n) is 24.4. The first kappa shape index (κ1) is 30.0. The number of carbonyl (C=O) groups is 5. The van der Waals surface area contributed by atoms with Crippen molar-refractivity contribution in [2.45, 2.75) is 72.1 Å². The molecule has 3 aliphatic carbocycles. The van der Waals surface area contributed by atoms with Crippen LogP contribution in [-0.4, -0.2) is 76.4 Å². The Hall–Kier alpha value is -2.95. The molecule has 2 fully saturated rings. The van der Waals surface area contributed by atoms with Crippen LogP contribution in [0.4, 0.5) is 0 Å². The summed E-state index contributed by atoms with van der Waals surface area (Å²) in [7, 11) is 3.15. The van der Waals surface area contributed by atoms with Gasteiger partial charge in [-0.1, -0.05) is 40.7 Å². The Kier molecular flexibility index (Phi) is 7.39. The van der Waals surface area contributed by atoms with Crippen molar-refractivity contribution < 1.29 is 34.2 Å². The second kappa shape index (κ2) is 9.85. The zero-order chi connectivity index (χ0) is 30.1. The van der Waals surface area contributed by atoms with Crippen LogP contribution >= 0.6 is 0 Å². The van der Waals surface area contributed by atoms with Crippen LogP contribution in [0.3, 0.4) is 0 Å². The molecular formula is C30H41N3O7. The van der Waals surface area contributed by atoms with E-state index in [0.717, 1.165) is 5.56 Å². The average Bonchev–Trinajstić information content (AvgIpc) is 2.82. The second-order valence-corrected chi connectivity index (χ2v) is 13.0. The maximum Gasteiger partial charge on any atom is 0.235 e. The number of rotatable bonds is 7. The Morgan fingerprint density at radius 1 is 1.15 bits per heavy atom. The number of aliphatic hydroxyl groups is 1. The van der Waals surface area contributed by atoms with E-state index in [1.54, 1.807) is 21.0 Å². The van der Waals surface area contributed by atoms with E-state index in [1.807, 2.05) is 13.0 Å². The Morgan fingerprint density at radius 2 is 1.77 bits per heavy atom. The fourth-order valence-corrected chi connectivity index (χ4v) is 7.87. The largest absolute Gasteiger partial charge is 0.507 e. The Bertz CT molecular complexity index is 1320. The smallest absolute Gasteiger partial charge is 0.235 e. The average molecular weight is 556 g/mol. The first-order chi connectivity index (χ1) is 18.5. The molecule has 1 amide bonds. The van der Waals surface area contributed by atoms with Gasteiger partial charge in [-0.25, -0.2) is 0 Å². The molecule has 3 aliphatic rings. The summed E-state index contributed by atoms with van der Waals surface area (Å²) in [6.45, 7) is 10.3. The van der Waals surface area contributed by atoms with Gasteiger partial charge in [-0.15, -0.1) is 0 Å². The van der Waals surface area contributed by atoms with Crippen LogP contribution in [0, 0.1) is 28.6 Å². The summed E-state index contributed by atoms with van der Waals surface area (Å²) in [6.07, 6.45) is 0.792. The number of benzene rings is 1. The van der Waals surface area contributed by atoms with Crippen molar-refractivity contribution in [2.24, 2.45) is 34.3 Å². The number of amides is 1. The highest BCUT2D eigenvalue weighted by molar-refractivity contribution is 6.33. The number of fused-ring (bicyclic) bond motifs is 3. The lowest BCUT2D eigenvalue weighted by Crippen LogP contribution is -2.79. The van der Waals surface area contributed by atoms with Gasteiger partial charge >= 0.3 is 0 Å². The normalized spacial score (nSPS) is 33.7. The molecule has 40 heavy (non-hydrogen) atoms. The third kappa shape index (κ3) is 3.98. The van der Waals surface area contributed by atoms with E-state index < -0.39 is 63.3 Å². The standard InChI is InChI=1S/C30H41N3O7/c1-8-15-9-16(12-32-11-14(2)3)21(34)18-17(15)10-28(4)13-29(5)24(33(6)7)23(36)19(27(31)39)25(37)30(29,40)26(38)20(28)22(18)35/h9,14,19-20,24,32,34,40H,8,10-13H2,1-7H3,(H2,31,39)/t19?,20?,24-,28+,29+,30-/m1/s1. The summed E-state index contributed by atoms with van der Waals surface area (Å²) < 4.78 is 0. The van der Waals surface area contributed by atoms with E-state index in [2.05, 4.69) is 19.2 Å². The molecule has 0 saturated heterocycles. The Labute approximate surface area is 234 Å². The summed E-state index contributed by atoms with van der Waals surface area (Å²) in [4.78, 5) is 69.4. The highest BCUT2D eigenvalue weighted by Gasteiger charge is 2.76. The number of hydrogen-bond acceptors (Lipinski definition) is 9.